The van der Waals surface area contributed by atoms with Gasteiger partial charge >= 0.3 is 0 Å². The van der Waals surface area contributed by atoms with E-state index in [-0.39, 0.29) is 12.3 Å². The summed E-state index contributed by atoms with van der Waals surface area (Å²) in [5, 5.41) is 7.84. The zero-order valence-electron chi connectivity index (χ0n) is 36.8. The lowest BCUT2D eigenvalue weighted by molar-refractivity contribution is 0.759. The van der Waals surface area contributed by atoms with Gasteiger partial charge in [-0.25, -0.2) is 0 Å². The number of benzene rings is 10. The Morgan fingerprint density at radius 3 is 1.07 bits per heavy atom. The van der Waals surface area contributed by atoms with Crippen LogP contribution in [0.1, 0.15) is 45.7 Å². The molecule has 10 aromatic rings. The van der Waals surface area contributed by atoms with E-state index < -0.39 is 5.41 Å². The third-order valence-electron chi connectivity index (χ3n) is 14.2. The molecule has 2 unspecified atom stereocenters. The molecule has 318 valence electrons. The highest BCUT2D eigenvalue weighted by molar-refractivity contribution is 5.90. The molecule has 0 amide bonds. The molecular formula is C63H46N4. The fraction of sp³-hybridized carbons (Fsp3) is 0.0476. The van der Waals surface area contributed by atoms with Crippen molar-refractivity contribution in [2.45, 2.75) is 17.7 Å². The van der Waals surface area contributed by atoms with Gasteiger partial charge in [-0.3, -0.25) is 0 Å². The van der Waals surface area contributed by atoms with Gasteiger partial charge in [0.1, 0.15) is 12.3 Å². The average Bonchev–Trinajstić information content (AvgIpc) is 4.08. The minimum absolute atomic E-state index is 0.102. The number of hydrogen-bond acceptors (Lipinski definition) is 4. The molecule has 4 heteroatoms. The van der Waals surface area contributed by atoms with E-state index in [1.165, 1.54) is 78.1 Å². The van der Waals surface area contributed by atoms with Crippen molar-refractivity contribution >= 4 is 34.1 Å². The minimum Gasteiger partial charge on any atom is -0.359 e. The van der Waals surface area contributed by atoms with Crippen LogP contribution < -0.4 is 20.4 Å². The monoisotopic (exact) mass is 858 g/mol. The molecule has 0 fully saturated rings. The summed E-state index contributed by atoms with van der Waals surface area (Å²) >= 11 is 0. The number of hydrogen-bond donors (Lipinski definition) is 2. The van der Waals surface area contributed by atoms with Crippen LogP contribution in [0.3, 0.4) is 0 Å². The minimum atomic E-state index is -0.546. The lowest BCUT2D eigenvalue weighted by Gasteiger charge is -2.35. The summed E-state index contributed by atoms with van der Waals surface area (Å²) in [5.41, 5.74) is 21.1. The van der Waals surface area contributed by atoms with Gasteiger partial charge < -0.3 is 20.4 Å². The average molecular weight is 859 g/mol. The number of nitrogens with one attached hydrogen (secondary N) is 2. The van der Waals surface area contributed by atoms with Crippen LogP contribution in [-0.4, -0.2) is 0 Å². The molecule has 0 saturated carbocycles. The van der Waals surface area contributed by atoms with Gasteiger partial charge in [-0.05, 0) is 115 Å². The molecular weight excluding hydrogens is 813 g/mol. The van der Waals surface area contributed by atoms with Gasteiger partial charge in [0.25, 0.3) is 0 Å². The van der Waals surface area contributed by atoms with E-state index in [1.807, 2.05) is 0 Å². The molecule has 67 heavy (non-hydrogen) atoms. The molecule has 10 aromatic carbocycles. The molecule has 0 spiro atoms. The predicted octanol–water partition coefficient (Wildman–Crippen LogP) is 15.9. The standard InChI is InChI=1S/C63H46N4/c1-5-17-43(18-6-1)47-33-39-57-59(41-47)66(51-21-9-3-10-22-51)61(64-57)45-29-35-49(36-30-45)63(55-27-15-13-25-53(55)54-26-14-16-28-56(54)63)50-37-31-46(32-38-50)62-65-58-40-34-48(44-19-7-2-8-20-44)42-60(58)67(62)52-23-11-4-12-24-52/h1-42,61-62,64-65H. The van der Waals surface area contributed by atoms with E-state index >= 15 is 0 Å². The van der Waals surface area contributed by atoms with Crippen LogP contribution >= 0.6 is 0 Å². The predicted molar refractivity (Wildman–Crippen MR) is 277 cm³/mol. The normalized spacial score (nSPS) is 16.1. The number of nitrogens with zero attached hydrogens (tertiary/aromatic N) is 2. The van der Waals surface area contributed by atoms with Gasteiger partial charge in [0.05, 0.1) is 28.2 Å². The second-order valence-electron chi connectivity index (χ2n) is 17.8. The Hall–Kier alpha value is -8.60. The van der Waals surface area contributed by atoms with Crippen molar-refractivity contribution in [3.05, 3.63) is 288 Å². The van der Waals surface area contributed by atoms with Crippen LogP contribution in [0.15, 0.2) is 255 Å². The van der Waals surface area contributed by atoms with E-state index in [0.717, 1.165) is 22.7 Å². The van der Waals surface area contributed by atoms with Crippen molar-refractivity contribution in [1.82, 2.24) is 0 Å². The third-order valence-corrected chi connectivity index (χ3v) is 14.2. The Labute approximate surface area is 392 Å². The largest absolute Gasteiger partial charge is 0.359 e. The SMILES string of the molecule is c1ccc(-c2ccc3c(c2)N(c2ccccc2)C(c2ccc(C4(c5ccc(C6Nc7ccc(-c8ccccc8)cc7N6c6ccccc6)cc5)c5ccccc5-c5ccccc54)cc2)N3)cc1. The van der Waals surface area contributed by atoms with Crippen molar-refractivity contribution in [1.29, 1.82) is 0 Å². The first-order valence-corrected chi connectivity index (χ1v) is 23.2. The first kappa shape index (κ1) is 38.8. The zero-order chi connectivity index (χ0) is 44.3. The van der Waals surface area contributed by atoms with Gasteiger partial charge in [0.15, 0.2) is 0 Å². The van der Waals surface area contributed by atoms with Crippen LogP contribution in [0, 0.1) is 0 Å². The summed E-state index contributed by atoms with van der Waals surface area (Å²) in [6.07, 6.45) is -0.203. The van der Waals surface area contributed by atoms with Crippen LogP contribution in [0.25, 0.3) is 33.4 Å². The van der Waals surface area contributed by atoms with E-state index in [9.17, 15) is 0 Å². The summed E-state index contributed by atoms with van der Waals surface area (Å²) in [7, 11) is 0. The second kappa shape index (κ2) is 15.8. The molecule has 3 aliphatic rings. The lowest BCUT2D eigenvalue weighted by Crippen LogP contribution is -2.29. The van der Waals surface area contributed by atoms with Crippen LogP contribution in [0.5, 0.6) is 0 Å². The Balaban J connectivity index is 0.909. The molecule has 2 heterocycles. The fourth-order valence-corrected chi connectivity index (χ4v) is 11.1. The summed E-state index contributed by atoms with van der Waals surface area (Å²) in [4.78, 5) is 4.89. The smallest absolute Gasteiger partial charge is 0.130 e. The highest BCUT2D eigenvalue weighted by Gasteiger charge is 2.46. The summed E-state index contributed by atoms with van der Waals surface area (Å²) in [6, 6.07) is 93.2. The summed E-state index contributed by atoms with van der Waals surface area (Å²) in [6.45, 7) is 0. The topological polar surface area (TPSA) is 30.5 Å². The molecule has 13 rings (SSSR count). The summed E-state index contributed by atoms with van der Waals surface area (Å²) in [5.74, 6) is 0. The van der Waals surface area contributed by atoms with Crippen molar-refractivity contribution in [2.75, 3.05) is 20.4 Å². The zero-order valence-corrected chi connectivity index (χ0v) is 36.8. The van der Waals surface area contributed by atoms with Gasteiger partial charge in [-0.15, -0.1) is 0 Å². The molecule has 1 aliphatic carbocycles. The fourth-order valence-electron chi connectivity index (χ4n) is 11.1. The number of anilines is 6. The molecule has 0 bridgehead atoms. The number of para-hydroxylation sites is 2. The van der Waals surface area contributed by atoms with Gasteiger partial charge in [-0.2, -0.15) is 0 Å². The van der Waals surface area contributed by atoms with Crippen LogP contribution in [0.2, 0.25) is 0 Å². The Morgan fingerprint density at radius 2 is 0.672 bits per heavy atom. The molecule has 4 nitrogen and oxygen atoms in total. The van der Waals surface area contributed by atoms with E-state index in [4.69, 9.17) is 0 Å². The number of fused-ring (bicyclic) bond motifs is 5. The summed E-state index contributed by atoms with van der Waals surface area (Å²) < 4.78 is 0. The highest BCUT2D eigenvalue weighted by Crippen LogP contribution is 2.57. The molecule has 0 saturated heterocycles. The van der Waals surface area contributed by atoms with Crippen molar-refractivity contribution in [3.8, 4) is 33.4 Å². The molecule has 0 aromatic heterocycles. The molecule has 0 radical (unpaired) electrons. The van der Waals surface area contributed by atoms with Crippen molar-refractivity contribution in [3.63, 3.8) is 0 Å². The Kier molecular flexibility index (Phi) is 9.17. The van der Waals surface area contributed by atoms with Gasteiger partial charge in [-0.1, -0.05) is 206 Å². The Morgan fingerprint density at radius 1 is 0.313 bits per heavy atom. The maximum atomic E-state index is 3.92. The first-order valence-electron chi connectivity index (χ1n) is 23.2. The second-order valence-corrected chi connectivity index (χ2v) is 17.8. The highest BCUT2D eigenvalue weighted by atomic mass is 15.3. The maximum Gasteiger partial charge on any atom is 0.130 e. The quantitative estimate of drug-likeness (QED) is 0.159. The maximum absolute atomic E-state index is 3.92. The van der Waals surface area contributed by atoms with Crippen LogP contribution in [-0.2, 0) is 5.41 Å². The van der Waals surface area contributed by atoms with E-state index in [0.29, 0.717) is 0 Å². The van der Waals surface area contributed by atoms with Crippen molar-refractivity contribution < 1.29 is 0 Å². The molecule has 2 aliphatic heterocycles. The Bertz CT molecular complexity index is 3180. The molecule has 2 atom stereocenters. The molecule has 2 N–H and O–H groups in total. The number of rotatable bonds is 8. The van der Waals surface area contributed by atoms with Gasteiger partial charge in [0.2, 0.25) is 0 Å². The van der Waals surface area contributed by atoms with E-state index in [2.05, 4.69) is 275 Å². The first-order chi connectivity index (χ1) is 33.2. The van der Waals surface area contributed by atoms with Crippen LogP contribution in [0.4, 0.5) is 34.1 Å². The lowest BCUT2D eigenvalue weighted by atomic mass is 9.67. The third kappa shape index (κ3) is 6.29. The van der Waals surface area contributed by atoms with Gasteiger partial charge in [0, 0.05) is 11.4 Å². The van der Waals surface area contributed by atoms with Crippen molar-refractivity contribution in [2.24, 2.45) is 0 Å². The van der Waals surface area contributed by atoms with E-state index in [1.54, 1.807) is 0 Å².